The Hall–Kier alpha value is -0.990. The quantitative estimate of drug-likeness (QED) is 0.602. The van der Waals surface area contributed by atoms with E-state index in [1.165, 1.54) is 0 Å². The number of esters is 1. The Kier molecular flexibility index (Phi) is 3.14. The van der Waals surface area contributed by atoms with Crippen molar-refractivity contribution in [3.8, 4) is 0 Å². The average Bonchev–Trinajstić information content (AvgIpc) is 2.51. The summed E-state index contributed by atoms with van der Waals surface area (Å²) >= 11 is 0. The van der Waals surface area contributed by atoms with Gasteiger partial charge in [-0.2, -0.15) is 0 Å². The minimum atomic E-state index is -0.162. The zero-order chi connectivity index (χ0) is 8.97. The monoisotopic (exact) mass is 170 g/mol. The lowest BCUT2D eigenvalue weighted by Crippen LogP contribution is -2.20. The van der Waals surface area contributed by atoms with Crippen LogP contribution in [0.1, 0.15) is 20.3 Å². The van der Waals surface area contributed by atoms with Gasteiger partial charge in [0.2, 0.25) is 0 Å². The fourth-order valence-electron chi connectivity index (χ4n) is 0.879. The van der Waals surface area contributed by atoms with Crippen LogP contribution in [0.15, 0.2) is 12.3 Å². The van der Waals surface area contributed by atoms with E-state index in [-0.39, 0.29) is 18.0 Å². The zero-order valence-corrected chi connectivity index (χ0v) is 7.45. The van der Waals surface area contributed by atoms with Gasteiger partial charge in [-0.1, -0.05) is 13.8 Å². The molecule has 0 fully saturated rings. The van der Waals surface area contributed by atoms with Crippen LogP contribution < -0.4 is 0 Å². The predicted octanol–water partition coefficient (Wildman–Crippen LogP) is 1.49. The third-order valence-electron chi connectivity index (χ3n) is 1.65. The Labute approximate surface area is 72.4 Å². The van der Waals surface area contributed by atoms with Crippen molar-refractivity contribution in [2.75, 3.05) is 6.61 Å². The lowest BCUT2D eigenvalue weighted by Gasteiger charge is -2.11. The minimum absolute atomic E-state index is 0.0349. The van der Waals surface area contributed by atoms with E-state index < -0.39 is 0 Å². The number of ether oxygens (including phenoxy) is 2. The van der Waals surface area contributed by atoms with Crippen molar-refractivity contribution in [3.63, 3.8) is 0 Å². The van der Waals surface area contributed by atoms with Gasteiger partial charge in [-0.25, -0.2) is 0 Å². The maximum Gasteiger partial charge on any atom is 0.308 e. The summed E-state index contributed by atoms with van der Waals surface area (Å²) in [6, 6.07) is 0. The molecule has 0 aliphatic carbocycles. The van der Waals surface area contributed by atoms with E-state index in [1.54, 1.807) is 6.26 Å². The van der Waals surface area contributed by atoms with E-state index in [0.717, 1.165) is 6.42 Å². The molecule has 0 bridgehead atoms. The van der Waals surface area contributed by atoms with Crippen LogP contribution in [-0.4, -0.2) is 18.7 Å². The summed E-state index contributed by atoms with van der Waals surface area (Å²) < 4.78 is 10.1. The number of carbonyl (C=O) groups excluding carboxylic acids is 1. The molecular formula is C9H14O3. The molecule has 68 valence electrons. The molecule has 1 rings (SSSR count). The Bertz CT molecular complexity index is 176. The van der Waals surface area contributed by atoms with Gasteiger partial charge in [0.25, 0.3) is 0 Å². The molecule has 0 radical (unpaired) electrons. The van der Waals surface area contributed by atoms with Crippen LogP contribution >= 0.6 is 0 Å². The van der Waals surface area contributed by atoms with Crippen molar-refractivity contribution in [1.29, 1.82) is 0 Å². The highest BCUT2D eigenvalue weighted by atomic mass is 16.6. The lowest BCUT2D eigenvalue weighted by molar-refractivity contribution is -0.150. The van der Waals surface area contributed by atoms with Crippen molar-refractivity contribution in [1.82, 2.24) is 0 Å². The zero-order valence-electron chi connectivity index (χ0n) is 7.45. The highest BCUT2D eigenvalue weighted by Gasteiger charge is 2.15. The van der Waals surface area contributed by atoms with Gasteiger partial charge in [0.15, 0.2) is 0 Å². The van der Waals surface area contributed by atoms with Gasteiger partial charge in [0.05, 0.1) is 12.2 Å². The van der Waals surface area contributed by atoms with Gasteiger partial charge in [-0.15, -0.1) is 0 Å². The normalized spacial score (nSPS) is 21.1. The van der Waals surface area contributed by atoms with Crippen LogP contribution in [0.3, 0.4) is 0 Å². The summed E-state index contributed by atoms with van der Waals surface area (Å²) in [5.74, 6) is -0.218. The summed E-state index contributed by atoms with van der Waals surface area (Å²) in [7, 11) is 0. The van der Waals surface area contributed by atoms with Gasteiger partial charge in [-0.3, -0.25) is 4.79 Å². The first-order valence-electron chi connectivity index (χ1n) is 4.17. The van der Waals surface area contributed by atoms with Crippen LogP contribution in [0, 0.1) is 5.92 Å². The SMILES string of the molecule is CC(C)C(=O)OCC1CC=CO1. The minimum Gasteiger partial charge on any atom is -0.494 e. The first-order valence-corrected chi connectivity index (χ1v) is 4.17. The second kappa shape index (κ2) is 4.14. The molecular weight excluding hydrogens is 156 g/mol. The topological polar surface area (TPSA) is 35.5 Å². The van der Waals surface area contributed by atoms with E-state index in [9.17, 15) is 4.79 Å². The van der Waals surface area contributed by atoms with Crippen LogP contribution in [0.2, 0.25) is 0 Å². The van der Waals surface area contributed by atoms with Crippen molar-refractivity contribution in [3.05, 3.63) is 12.3 Å². The van der Waals surface area contributed by atoms with Gasteiger partial charge < -0.3 is 9.47 Å². The molecule has 1 aliphatic rings. The molecule has 0 saturated carbocycles. The number of carbonyl (C=O) groups is 1. The van der Waals surface area contributed by atoms with Crippen molar-refractivity contribution in [2.45, 2.75) is 26.4 Å². The van der Waals surface area contributed by atoms with E-state index in [2.05, 4.69) is 0 Å². The summed E-state index contributed by atoms with van der Waals surface area (Å²) in [5.41, 5.74) is 0. The number of hydrogen-bond acceptors (Lipinski definition) is 3. The maximum absolute atomic E-state index is 11.0. The van der Waals surface area contributed by atoms with Gasteiger partial charge in [-0.05, 0) is 6.08 Å². The molecule has 0 aromatic heterocycles. The Morgan fingerprint density at radius 1 is 1.75 bits per heavy atom. The molecule has 1 atom stereocenters. The summed E-state index contributed by atoms with van der Waals surface area (Å²) in [6.07, 6.45) is 4.44. The fourth-order valence-corrected chi connectivity index (χ4v) is 0.879. The third-order valence-corrected chi connectivity index (χ3v) is 1.65. The Morgan fingerprint density at radius 2 is 2.50 bits per heavy atom. The second-order valence-electron chi connectivity index (χ2n) is 3.15. The van der Waals surface area contributed by atoms with Crippen LogP contribution in [0.25, 0.3) is 0 Å². The first-order chi connectivity index (χ1) is 5.70. The molecule has 0 saturated heterocycles. The molecule has 1 heterocycles. The van der Waals surface area contributed by atoms with Gasteiger partial charge >= 0.3 is 5.97 Å². The molecule has 0 aromatic rings. The molecule has 3 heteroatoms. The highest BCUT2D eigenvalue weighted by molar-refractivity contribution is 5.71. The average molecular weight is 170 g/mol. The molecule has 0 aromatic carbocycles. The second-order valence-corrected chi connectivity index (χ2v) is 3.15. The molecule has 1 unspecified atom stereocenters. The molecule has 0 N–H and O–H groups in total. The molecule has 0 amide bonds. The molecule has 1 aliphatic heterocycles. The molecule has 12 heavy (non-hydrogen) atoms. The van der Waals surface area contributed by atoms with Crippen molar-refractivity contribution < 1.29 is 14.3 Å². The summed E-state index contributed by atoms with van der Waals surface area (Å²) in [6.45, 7) is 4.00. The standard InChI is InChI=1S/C9H14O3/c1-7(2)9(10)12-6-8-4-3-5-11-8/h3,5,7-8H,4,6H2,1-2H3. The predicted molar refractivity (Wildman–Crippen MR) is 44.4 cm³/mol. The van der Waals surface area contributed by atoms with Crippen LogP contribution in [0.5, 0.6) is 0 Å². The van der Waals surface area contributed by atoms with E-state index in [4.69, 9.17) is 9.47 Å². The largest absolute Gasteiger partial charge is 0.494 e. The fraction of sp³-hybridized carbons (Fsp3) is 0.667. The van der Waals surface area contributed by atoms with E-state index in [1.807, 2.05) is 19.9 Å². The van der Waals surface area contributed by atoms with Gasteiger partial charge in [0.1, 0.15) is 12.7 Å². The Balaban J connectivity index is 2.13. The lowest BCUT2D eigenvalue weighted by atomic mass is 10.2. The Morgan fingerprint density at radius 3 is 3.00 bits per heavy atom. The van der Waals surface area contributed by atoms with Crippen molar-refractivity contribution in [2.24, 2.45) is 5.92 Å². The smallest absolute Gasteiger partial charge is 0.308 e. The van der Waals surface area contributed by atoms with E-state index >= 15 is 0 Å². The van der Waals surface area contributed by atoms with E-state index in [0.29, 0.717) is 6.61 Å². The summed E-state index contributed by atoms with van der Waals surface area (Å²) in [5, 5.41) is 0. The number of rotatable bonds is 3. The third kappa shape index (κ3) is 2.57. The maximum atomic E-state index is 11.0. The molecule has 0 spiro atoms. The number of hydrogen-bond donors (Lipinski definition) is 0. The van der Waals surface area contributed by atoms with Crippen LogP contribution in [0.4, 0.5) is 0 Å². The van der Waals surface area contributed by atoms with Crippen LogP contribution in [-0.2, 0) is 14.3 Å². The van der Waals surface area contributed by atoms with Crippen molar-refractivity contribution >= 4 is 5.97 Å². The van der Waals surface area contributed by atoms with Gasteiger partial charge in [0, 0.05) is 6.42 Å². The molecule has 3 nitrogen and oxygen atoms in total. The summed E-state index contributed by atoms with van der Waals surface area (Å²) in [4.78, 5) is 11.0. The first kappa shape index (κ1) is 9.10. The highest BCUT2D eigenvalue weighted by Crippen LogP contribution is 2.09.